The molecule has 1 aromatic heterocycles. The van der Waals surface area contributed by atoms with Crippen molar-refractivity contribution >= 4 is 22.9 Å². The number of alkyl halides is 1. The highest BCUT2D eigenvalue weighted by Gasteiger charge is 2.16. The SMILES string of the molecule is CC(C)(C)c1csc(CNCCCCl)n1. The summed E-state index contributed by atoms with van der Waals surface area (Å²) in [7, 11) is 0. The lowest BCUT2D eigenvalue weighted by Gasteiger charge is -2.14. The van der Waals surface area contributed by atoms with Gasteiger partial charge in [0.15, 0.2) is 0 Å². The number of halogens is 1. The maximum atomic E-state index is 5.59. The molecule has 0 saturated heterocycles. The minimum absolute atomic E-state index is 0.158. The first-order chi connectivity index (χ1) is 7.04. The first kappa shape index (κ1) is 12.9. The Hall–Kier alpha value is -0.120. The van der Waals surface area contributed by atoms with Gasteiger partial charge < -0.3 is 5.32 Å². The molecule has 1 aromatic rings. The summed E-state index contributed by atoms with van der Waals surface area (Å²) < 4.78 is 0. The lowest BCUT2D eigenvalue weighted by Crippen LogP contribution is -2.16. The normalized spacial score (nSPS) is 12.0. The Labute approximate surface area is 101 Å². The van der Waals surface area contributed by atoms with Crippen LogP contribution in [0.25, 0.3) is 0 Å². The molecule has 86 valence electrons. The number of nitrogens with zero attached hydrogens (tertiary/aromatic N) is 1. The Kier molecular flexibility index (Phi) is 5.03. The Morgan fingerprint density at radius 3 is 2.73 bits per heavy atom. The van der Waals surface area contributed by atoms with Crippen molar-refractivity contribution < 1.29 is 0 Å². The second kappa shape index (κ2) is 5.83. The standard InChI is InChI=1S/C11H19ClN2S/c1-11(2,3)9-8-15-10(14-9)7-13-6-4-5-12/h8,13H,4-7H2,1-3H3. The van der Waals surface area contributed by atoms with Gasteiger partial charge in [0.1, 0.15) is 5.01 Å². The summed E-state index contributed by atoms with van der Waals surface area (Å²) in [5.41, 5.74) is 1.34. The van der Waals surface area contributed by atoms with Crippen molar-refractivity contribution in [3.05, 3.63) is 16.1 Å². The average Bonchev–Trinajstić information content (AvgIpc) is 2.60. The molecule has 0 aliphatic heterocycles. The summed E-state index contributed by atoms with van der Waals surface area (Å²) in [6.45, 7) is 8.39. The molecule has 0 saturated carbocycles. The molecular formula is C11H19ClN2S. The Morgan fingerprint density at radius 2 is 2.20 bits per heavy atom. The van der Waals surface area contributed by atoms with Crippen LogP contribution in [0.4, 0.5) is 0 Å². The molecule has 0 amide bonds. The van der Waals surface area contributed by atoms with Gasteiger partial charge in [0, 0.05) is 23.2 Å². The van der Waals surface area contributed by atoms with E-state index in [4.69, 9.17) is 11.6 Å². The molecule has 0 spiro atoms. The van der Waals surface area contributed by atoms with Gasteiger partial charge in [-0.25, -0.2) is 4.98 Å². The maximum absolute atomic E-state index is 5.59. The van der Waals surface area contributed by atoms with Crippen LogP contribution in [-0.2, 0) is 12.0 Å². The molecule has 0 atom stereocenters. The van der Waals surface area contributed by atoms with Crippen molar-refractivity contribution in [2.75, 3.05) is 12.4 Å². The van der Waals surface area contributed by atoms with E-state index in [1.165, 1.54) is 5.69 Å². The molecule has 15 heavy (non-hydrogen) atoms. The van der Waals surface area contributed by atoms with Crippen LogP contribution in [0.1, 0.15) is 37.9 Å². The van der Waals surface area contributed by atoms with Crippen LogP contribution in [0, 0.1) is 0 Å². The maximum Gasteiger partial charge on any atom is 0.107 e. The molecule has 0 aromatic carbocycles. The van der Waals surface area contributed by atoms with Gasteiger partial charge >= 0.3 is 0 Å². The van der Waals surface area contributed by atoms with E-state index >= 15 is 0 Å². The van der Waals surface area contributed by atoms with E-state index in [2.05, 4.69) is 36.5 Å². The van der Waals surface area contributed by atoms with Crippen molar-refractivity contribution in [2.45, 2.75) is 39.2 Å². The topological polar surface area (TPSA) is 24.9 Å². The summed E-state index contributed by atoms with van der Waals surface area (Å²) in [6, 6.07) is 0. The first-order valence-electron chi connectivity index (χ1n) is 5.25. The summed E-state index contributed by atoms with van der Waals surface area (Å²) in [5, 5.41) is 6.64. The third-order valence-electron chi connectivity index (χ3n) is 2.08. The van der Waals surface area contributed by atoms with Crippen LogP contribution in [-0.4, -0.2) is 17.4 Å². The number of hydrogen-bond acceptors (Lipinski definition) is 3. The summed E-state index contributed by atoms with van der Waals surface area (Å²) in [4.78, 5) is 4.60. The van der Waals surface area contributed by atoms with Crippen LogP contribution in [0.5, 0.6) is 0 Å². The fourth-order valence-electron chi connectivity index (χ4n) is 1.12. The van der Waals surface area contributed by atoms with Gasteiger partial charge in [-0.15, -0.1) is 22.9 Å². The molecule has 0 bridgehead atoms. The third-order valence-corrected chi connectivity index (χ3v) is 3.20. The highest BCUT2D eigenvalue weighted by atomic mass is 35.5. The van der Waals surface area contributed by atoms with E-state index in [0.717, 1.165) is 30.4 Å². The second-order valence-electron chi connectivity index (χ2n) is 4.60. The molecule has 0 fully saturated rings. The van der Waals surface area contributed by atoms with E-state index in [-0.39, 0.29) is 5.41 Å². The minimum Gasteiger partial charge on any atom is -0.310 e. The van der Waals surface area contributed by atoms with Crippen LogP contribution in [0.2, 0.25) is 0 Å². The Morgan fingerprint density at radius 1 is 1.47 bits per heavy atom. The van der Waals surface area contributed by atoms with Crippen LogP contribution >= 0.6 is 22.9 Å². The third kappa shape index (κ3) is 4.49. The van der Waals surface area contributed by atoms with Crippen molar-refractivity contribution in [2.24, 2.45) is 0 Å². The van der Waals surface area contributed by atoms with Crippen molar-refractivity contribution in [3.8, 4) is 0 Å². The van der Waals surface area contributed by atoms with E-state index in [0.29, 0.717) is 0 Å². The number of hydrogen-bond donors (Lipinski definition) is 1. The van der Waals surface area contributed by atoms with Crippen LogP contribution < -0.4 is 5.32 Å². The zero-order chi connectivity index (χ0) is 11.3. The van der Waals surface area contributed by atoms with Gasteiger partial charge in [-0.1, -0.05) is 20.8 Å². The molecule has 1 rings (SSSR count). The molecule has 4 heteroatoms. The fraction of sp³-hybridized carbons (Fsp3) is 0.727. The summed E-state index contributed by atoms with van der Waals surface area (Å²) in [6.07, 6.45) is 1.01. The van der Waals surface area contributed by atoms with E-state index in [9.17, 15) is 0 Å². The average molecular weight is 247 g/mol. The first-order valence-corrected chi connectivity index (χ1v) is 6.67. The monoisotopic (exact) mass is 246 g/mol. The molecule has 0 aliphatic rings. The lowest BCUT2D eigenvalue weighted by atomic mass is 9.93. The molecule has 1 heterocycles. The molecule has 2 nitrogen and oxygen atoms in total. The number of nitrogens with one attached hydrogen (secondary N) is 1. The predicted molar refractivity (Wildman–Crippen MR) is 67.9 cm³/mol. The van der Waals surface area contributed by atoms with Crippen LogP contribution in [0.15, 0.2) is 5.38 Å². The largest absolute Gasteiger partial charge is 0.310 e. The zero-order valence-corrected chi connectivity index (χ0v) is 11.2. The highest BCUT2D eigenvalue weighted by Crippen LogP contribution is 2.23. The van der Waals surface area contributed by atoms with E-state index < -0.39 is 0 Å². The Bertz CT molecular complexity index is 291. The zero-order valence-electron chi connectivity index (χ0n) is 9.64. The molecule has 0 radical (unpaired) electrons. The molecule has 0 unspecified atom stereocenters. The number of aromatic nitrogens is 1. The van der Waals surface area contributed by atoms with Gasteiger partial charge in [0.25, 0.3) is 0 Å². The predicted octanol–water partition coefficient (Wildman–Crippen LogP) is 3.16. The lowest BCUT2D eigenvalue weighted by molar-refractivity contribution is 0.568. The molecule has 1 N–H and O–H groups in total. The molecule has 0 aliphatic carbocycles. The fourth-order valence-corrected chi connectivity index (χ4v) is 2.25. The number of rotatable bonds is 5. The van der Waals surface area contributed by atoms with Gasteiger partial charge in [-0.3, -0.25) is 0 Å². The Balaban J connectivity index is 2.40. The van der Waals surface area contributed by atoms with Gasteiger partial charge in [0.05, 0.1) is 5.69 Å². The quantitative estimate of drug-likeness (QED) is 0.638. The van der Waals surface area contributed by atoms with Gasteiger partial charge in [0.2, 0.25) is 0 Å². The van der Waals surface area contributed by atoms with Gasteiger partial charge in [-0.05, 0) is 13.0 Å². The minimum atomic E-state index is 0.158. The van der Waals surface area contributed by atoms with E-state index in [1.807, 2.05) is 0 Å². The smallest absolute Gasteiger partial charge is 0.107 e. The van der Waals surface area contributed by atoms with Crippen molar-refractivity contribution in [3.63, 3.8) is 0 Å². The summed E-state index contributed by atoms with van der Waals surface area (Å²) in [5.74, 6) is 0.720. The second-order valence-corrected chi connectivity index (χ2v) is 5.92. The molecular weight excluding hydrogens is 228 g/mol. The number of thiazole rings is 1. The van der Waals surface area contributed by atoms with Crippen LogP contribution in [0.3, 0.4) is 0 Å². The van der Waals surface area contributed by atoms with Crippen molar-refractivity contribution in [1.29, 1.82) is 0 Å². The summed E-state index contributed by atoms with van der Waals surface area (Å²) >= 11 is 7.32. The van der Waals surface area contributed by atoms with E-state index in [1.54, 1.807) is 11.3 Å². The highest BCUT2D eigenvalue weighted by molar-refractivity contribution is 7.09. The van der Waals surface area contributed by atoms with Crippen molar-refractivity contribution in [1.82, 2.24) is 10.3 Å². The van der Waals surface area contributed by atoms with Gasteiger partial charge in [-0.2, -0.15) is 0 Å².